The zero-order valence-corrected chi connectivity index (χ0v) is 16.9. The summed E-state index contributed by atoms with van der Waals surface area (Å²) in [4.78, 5) is 14.3. The molecule has 3 rings (SSSR count). The molecule has 5 nitrogen and oxygen atoms in total. The average molecular weight is 400 g/mol. The van der Waals surface area contributed by atoms with Gasteiger partial charge in [0.2, 0.25) is 5.91 Å². The molecule has 1 amide bonds. The summed E-state index contributed by atoms with van der Waals surface area (Å²) in [6.45, 7) is 2.78. The molecule has 1 saturated heterocycles. The molecule has 1 aliphatic heterocycles. The summed E-state index contributed by atoms with van der Waals surface area (Å²) < 4.78 is 23.9. The lowest BCUT2D eigenvalue weighted by Crippen LogP contribution is -2.37. The number of ether oxygens (including phenoxy) is 2. The molecule has 0 aromatic heterocycles. The molecule has 2 aromatic carbocycles. The van der Waals surface area contributed by atoms with Gasteiger partial charge in [-0.05, 0) is 61.7 Å². The summed E-state index contributed by atoms with van der Waals surface area (Å²) in [7, 11) is 1.67. The van der Waals surface area contributed by atoms with Gasteiger partial charge in [0.05, 0.1) is 7.11 Å². The maximum absolute atomic E-state index is 12.9. The first-order chi connectivity index (χ1) is 14.2. The van der Waals surface area contributed by atoms with E-state index in [4.69, 9.17) is 9.47 Å². The standard InChI is InChI=1S/C23H29FN2O3/c1-28-22-5-3-2-4-18(22)13-16-26-20(8-11-23(26)27)12-14-25-15-17-29-21-9-6-19(24)7-10-21/h2-7,9-10,20,25H,8,11-17H2,1H3. The van der Waals surface area contributed by atoms with Crippen molar-refractivity contribution in [3.8, 4) is 11.5 Å². The van der Waals surface area contributed by atoms with Gasteiger partial charge < -0.3 is 19.7 Å². The van der Waals surface area contributed by atoms with E-state index in [2.05, 4.69) is 11.4 Å². The maximum atomic E-state index is 12.9. The molecule has 1 aliphatic rings. The SMILES string of the molecule is COc1ccccc1CCN1C(=O)CCC1CCNCCOc1ccc(F)cc1. The molecule has 0 spiro atoms. The third kappa shape index (κ3) is 6.19. The van der Waals surface area contributed by atoms with Crippen LogP contribution in [0.3, 0.4) is 0 Å². The van der Waals surface area contributed by atoms with E-state index in [1.165, 1.54) is 12.1 Å². The molecular formula is C23H29FN2O3. The Labute approximate surface area is 171 Å². The monoisotopic (exact) mass is 400 g/mol. The van der Waals surface area contributed by atoms with Gasteiger partial charge >= 0.3 is 0 Å². The van der Waals surface area contributed by atoms with E-state index in [1.807, 2.05) is 23.1 Å². The fourth-order valence-corrected chi connectivity index (χ4v) is 3.72. The number of likely N-dealkylation sites (tertiary alicyclic amines) is 1. The Balaban J connectivity index is 1.37. The first-order valence-corrected chi connectivity index (χ1v) is 10.2. The number of rotatable bonds is 11. The number of carbonyl (C=O) groups excluding carboxylic acids is 1. The van der Waals surface area contributed by atoms with Gasteiger partial charge in [0.25, 0.3) is 0 Å². The third-order valence-corrected chi connectivity index (χ3v) is 5.28. The van der Waals surface area contributed by atoms with Crippen molar-refractivity contribution in [1.29, 1.82) is 0 Å². The summed E-state index contributed by atoms with van der Waals surface area (Å²) in [6.07, 6.45) is 3.27. The highest BCUT2D eigenvalue weighted by Crippen LogP contribution is 2.24. The molecule has 1 N–H and O–H groups in total. The fraction of sp³-hybridized carbons (Fsp3) is 0.435. The molecule has 0 bridgehead atoms. The second kappa shape index (κ2) is 10.8. The Morgan fingerprint density at radius 2 is 1.93 bits per heavy atom. The number of nitrogens with one attached hydrogen (secondary N) is 1. The predicted molar refractivity (Wildman–Crippen MR) is 111 cm³/mol. The Hall–Kier alpha value is -2.60. The molecule has 0 radical (unpaired) electrons. The molecule has 1 unspecified atom stereocenters. The molecule has 0 saturated carbocycles. The van der Waals surface area contributed by atoms with Crippen LogP contribution in [0.4, 0.5) is 4.39 Å². The lowest BCUT2D eigenvalue weighted by Gasteiger charge is -2.25. The van der Waals surface area contributed by atoms with Crippen LogP contribution in [-0.2, 0) is 11.2 Å². The van der Waals surface area contributed by atoms with E-state index in [0.29, 0.717) is 25.3 Å². The molecule has 2 aromatic rings. The van der Waals surface area contributed by atoms with Gasteiger partial charge in [-0.3, -0.25) is 4.79 Å². The van der Waals surface area contributed by atoms with Crippen molar-refractivity contribution in [1.82, 2.24) is 10.2 Å². The van der Waals surface area contributed by atoms with Crippen molar-refractivity contribution < 1.29 is 18.7 Å². The number of amides is 1. The van der Waals surface area contributed by atoms with Crippen LogP contribution < -0.4 is 14.8 Å². The number of nitrogens with zero attached hydrogens (tertiary/aromatic N) is 1. The molecule has 6 heteroatoms. The van der Waals surface area contributed by atoms with Crippen LogP contribution in [0.2, 0.25) is 0 Å². The lowest BCUT2D eigenvalue weighted by atomic mass is 10.1. The molecular weight excluding hydrogens is 371 g/mol. The van der Waals surface area contributed by atoms with Crippen LogP contribution in [0.5, 0.6) is 11.5 Å². The Kier molecular flexibility index (Phi) is 7.87. The van der Waals surface area contributed by atoms with E-state index in [-0.39, 0.29) is 17.8 Å². The smallest absolute Gasteiger partial charge is 0.222 e. The van der Waals surface area contributed by atoms with Crippen molar-refractivity contribution >= 4 is 5.91 Å². The van der Waals surface area contributed by atoms with Crippen molar-refractivity contribution in [3.05, 3.63) is 59.9 Å². The zero-order chi connectivity index (χ0) is 20.5. The van der Waals surface area contributed by atoms with E-state index in [9.17, 15) is 9.18 Å². The minimum Gasteiger partial charge on any atom is -0.496 e. The van der Waals surface area contributed by atoms with Crippen LogP contribution >= 0.6 is 0 Å². The van der Waals surface area contributed by atoms with Crippen LogP contribution in [0, 0.1) is 5.82 Å². The molecule has 1 heterocycles. The second-order valence-corrected chi connectivity index (χ2v) is 7.18. The van der Waals surface area contributed by atoms with Gasteiger partial charge in [-0.15, -0.1) is 0 Å². The van der Waals surface area contributed by atoms with Gasteiger partial charge in [-0.2, -0.15) is 0 Å². The highest BCUT2D eigenvalue weighted by molar-refractivity contribution is 5.78. The van der Waals surface area contributed by atoms with Gasteiger partial charge in [0.15, 0.2) is 0 Å². The molecule has 0 aliphatic carbocycles. The summed E-state index contributed by atoms with van der Waals surface area (Å²) in [6, 6.07) is 14.3. The van der Waals surface area contributed by atoms with Gasteiger partial charge in [0, 0.05) is 25.6 Å². The number of benzene rings is 2. The van der Waals surface area contributed by atoms with Crippen LogP contribution in [-0.4, -0.2) is 50.2 Å². The van der Waals surface area contributed by atoms with E-state index >= 15 is 0 Å². The van der Waals surface area contributed by atoms with E-state index < -0.39 is 0 Å². The topological polar surface area (TPSA) is 50.8 Å². The van der Waals surface area contributed by atoms with E-state index in [1.54, 1.807) is 19.2 Å². The van der Waals surface area contributed by atoms with Crippen LogP contribution in [0.15, 0.2) is 48.5 Å². The highest BCUT2D eigenvalue weighted by atomic mass is 19.1. The van der Waals surface area contributed by atoms with Crippen molar-refractivity contribution in [3.63, 3.8) is 0 Å². The Morgan fingerprint density at radius 1 is 1.14 bits per heavy atom. The number of hydrogen-bond acceptors (Lipinski definition) is 4. The predicted octanol–water partition coefficient (Wildman–Crippen LogP) is 3.43. The third-order valence-electron chi connectivity index (χ3n) is 5.28. The Bertz CT molecular complexity index is 782. The summed E-state index contributed by atoms with van der Waals surface area (Å²) >= 11 is 0. The number of carbonyl (C=O) groups is 1. The largest absolute Gasteiger partial charge is 0.496 e. The second-order valence-electron chi connectivity index (χ2n) is 7.18. The van der Waals surface area contributed by atoms with Crippen LogP contribution in [0.25, 0.3) is 0 Å². The fourth-order valence-electron chi connectivity index (χ4n) is 3.72. The summed E-state index contributed by atoms with van der Waals surface area (Å²) in [5.74, 6) is 1.51. The minimum atomic E-state index is -0.267. The minimum absolute atomic E-state index is 0.240. The van der Waals surface area contributed by atoms with Crippen molar-refractivity contribution in [2.45, 2.75) is 31.7 Å². The first-order valence-electron chi connectivity index (χ1n) is 10.2. The zero-order valence-electron chi connectivity index (χ0n) is 16.9. The average Bonchev–Trinajstić information content (AvgIpc) is 3.10. The maximum Gasteiger partial charge on any atom is 0.222 e. The molecule has 1 atom stereocenters. The first kappa shape index (κ1) is 21.1. The Morgan fingerprint density at radius 3 is 2.72 bits per heavy atom. The quantitative estimate of drug-likeness (QED) is 0.587. The molecule has 156 valence electrons. The highest BCUT2D eigenvalue weighted by Gasteiger charge is 2.30. The molecule has 29 heavy (non-hydrogen) atoms. The summed E-state index contributed by atoms with van der Waals surface area (Å²) in [5.41, 5.74) is 1.13. The van der Waals surface area contributed by atoms with Gasteiger partial charge in [0.1, 0.15) is 23.9 Å². The van der Waals surface area contributed by atoms with Gasteiger partial charge in [-0.25, -0.2) is 4.39 Å². The number of hydrogen-bond donors (Lipinski definition) is 1. The van der Waals surface area contributed by atoms with E-state index in [0.717, 1.165) is 43.7 Å². The van der Waals surface area contributed by atoms with Crippen molar-refractivity contribution in [2.24, 2.45) is 0 Å². The van der Waals surface area contributed by atoms with Crippen molar-refractivity contribution in [2.75, 3.05) is 33.4 Å². The number of halogens is 1. The van der Waals surface area contributed by atoms with Gasteiger partial charge in [-0.1, -0.05) is 18.2 Å². The van der Waals surface area contributed by atoms with Crippen LogP contribution in [0.1, 0.15) is 24.8 Å². The number of methoxy groups -OCH3 is 1. The lowest BCUT2D eigenvalue weighted by molar-refractivity contribution is -0.129. The number of para-hydroxylation sites is 1. The normalized spacial score (nSPS) is 16.3. The molecule has 1 fully saturated rings. The summed E-state index contributed by atoms with van der Waals surface area (Å²) in [5, 5.41) is 3.36.